The number of hydrogen-bond acceptors (Lipinski definition) is 3. The molecule has 0 saturated heterocycles. The molecule has 2 aliphatic rings. The van der Waals surface area contributed by atoms with E-state index >= 15 is 0 Å². The molecule has 1 saturated carbocycles. The van der Waals surface area contributed by atoms with Gasteiger partial charge in [0.25, 0.3) is 0 Å². The minimum atomic E-state index is 0.108. The quantitative estimate of drug-likeness (QED) is 0.442. The van der Waals surface area contributed by atoms with Crippen LogP contribution in [0.5, 0.6) is 0 Å². The number of aliphatic hydroxyl groups excluding tert-OH is 1. The number of nitrogens with zero attached hydrogens (tertiary/aromatic N) is 1. The fraction of sp³-hybridized carbons (Fsp3) is 0.581. The van der Waals surface area contributed by atoms with Gasteiger partial charge in [0.2, 0.25) is 0 Å². The summed E-state index contributed by atoms with van der Waals surface area (Å²) in [6, 6.07) is 16.0. The molecule has 184 valence electrons. The Hall–Kier alpha value is -2.13. The van der Waals surface area contributed by atoms with Crippen molar-refractivity contribution in [2.45, 2.75) is 85.0 Å². The highest BCUT2D eigenvalue weighted by atomic mass is 16.6. The number of aryl methyl sites for hydroxylation is 3. The number of hydrogen-bond donors (Lipinski definition) is 1. The molecular formula is C31H43NO2. The van der Waals surface area contributed by atoms with Gasteiger partial charge in [-0.05, 0) is 98.3 Å². The van der Waals surface area contributed by atoms with Crippen LogP contribution in [-0.2, 0) is 17.7 Å². The Morgan fingerprint density at radius 3 is 2.50 bits per heavy atom. The maximum absolute atomic E-state index is 9.65. The molecule has 3 heteroatoms. The first-order valence-corrected chi connectivity index (χ1v) is 13.5. The first-order chi connectivity index (χ1) is 16.5. The summed E-state index contributed by atoms with van der Waals surface area (Å²) >= 11 is 0. The van der Waals surface area contributed by atoms with E-state index in [0.29, 0.717) is 18.4 Å². The highest BCUT2D eigenvalue weighted by Crippen LogP contribution is 2.40. The Kier molecular flexibility index (Phi) is 8.47. The van der Waals surface area contributed by atoms with E-state index in [9.17, 15) is 5.11 Å². The Morgan fingerprint density at radius 1 is 1.03 bits per heavy atom. The zero-order chi connectivity index (χ0) is 24.0. The average Bonchev–Trinajstić information content (AvgIpc) is 3.10. The van der Waals surface area contributed by atoms with Crippen LogP contribution >= 0.6 is 0 Å². The van der Waals surface area contributed by atoms with Crippen LogP contribution < -0.4 is 0 Å². The number of rotatable bonds is 8. The van der Waals surface area contributed by atoms with E-state index in [1.54, 1.807) is 0 Å². The van der Waals surface area contributed by atoms with Crippen LogP contribution in [0.3, 0.4) is 0 Å². The molecule has 1 aliphatic heterocycles. The molecule has 2 aromatic carbocycles. The van der Waals surface area contributed by atoms with E-state index < -0.39 is 0 Å². The van der Waals surface area contributed by atoms with Crippen molar-refractivity contribution in [3.8, 4) is 11.1 Å². The third kappa shape index (κ3) is 6.30. The van der Waals surface area contributed by atoms with Gasteiger partial charge in [0.1, 0.15) is 6.61 Å². The summed E-state index contributed by atoms with van der Waals surface area (Å²) in [5, 5.41) is 14.2. The van der Waals surface area contributed by atoms with Gasteiger partial charge in [-0.15, -0.1) is 0 Å². The predicted molar refractivity (Wildman–Crippen MR) is 142 cm³/mol. The van der Waals surface area contributed by atoms with E-state index in [1.807, 2.05) is 0 Å². The summed E-state index contributed by atoms with van der Waals surface area (Å²) < 4.78 is 0. The summed E-state index contributed by atoms with van der Waals surface area (Å²) in [4.78, 5) is 5.83. The van der Waals surface area contributed by atoms with E-state index in [4.69, 9.17) is 4.84 Å². The van der Waals surface area contributed by atoms with E-state index in [-0.39, 0.29) is 5.41 Å². The minimum absolute atomic E-state index is 0.108. The normalized spacial score (nSPS) is 25.4. The maximum Gasteiger partial charge on any atom is 0.120 e. The monoisotopic (exact) mass is 461 g/mol. The molecule has 0 radical (unpaired) electrons. The van der Waals surface area contributed by atoms with Gasteiger partial charge in [-0.3, -0.25) is 0 Å². The average molecular weight is 462 g/mol. The molecule has 2 aromatic rings. The van der Waals surface area contributed by atoms with Crippen LogP contribution in [0.1, 0.15) is 81.9 Å². The molecule has 1 N–H and O–H groups in total. The third-order valence-electron chi connectivity index (χ3n) is 8.24. The molecule has 1 fully saturated rings. The Balaban J connectivity index is 1.32. The minimum Gasteiger partial charge on any atom is -0.396 e. The van der Waals surface area contributed by atoms with Gasteiger partial charge in [-0.1, -0.05) is 73.5 Å². The van der Waals surface area contributed by atoms with Crippen molar-refractivity contribution in [3.05, 3.63) is 59.2 Å². The molecule has 0 aromatic heterocycles. The molecule has 1 unspecified atom stereocenters. The molecule has 0 amide bonds. The van der Waals surface area contributed by atoms with Gasteiger partial charge in [0, 0.05) is 12.5 Å². The molecule has 4 rings (SSSR count). The lowest BCUT2D eigenvalue weighted by molar-refractivity contribution is 0.0886. The summed E-state index contributed by atoms with van der Waals surface area (Å²) in [5.41, 5.74) is 8.31. The van der Waals surface area contributed by atoms with Gasteiger partial charge in [-0.25, -0.2) is 0 Å². The van der Waals surface area contributed by atoms with Crippen LogP contribution in [0.4, 0.5) is 0 Å². The van der Waals surface area contributed by atoms with Gasteiger partial charge in [-0.2, -0.15) is 0 Å². The van der Waals surface area contributed by atoms with Crippen molar-refractivity contribution in [1.29, 1.82) is 0 Å². The predicted octanol–water partition coefficient (Wildman–Crippen LogP) is 7.52. The van der Waals surface area contributed by atoms with Crippen molar-refractivity contribution in [3.63, 3.8) is 0 Å². The Morgan fingerprint density at radius 2 is 1.79 bits per heavy atom. The van der Waals surface area contributed by atoms with Crippen molar-refractivity contribution in [1.82, 2.24) is 0 Å². The second-order valence-electron chi connectivity index (χ2n) is 11.2. The van der Waals surface area contributed by atoms with Crippen LogP contribution in [0.2, 0.25) is 0 Å². The summed E-state index contributed by atoms with van der Waals surface area (Å²) in [5.74, 6) is 1.11. The highest BCUT2D eigenvalue weighted by Gasteiger charge is 2.33. The van der Waals surface area contributed by atoms with Gasteiger partial charge < -0.3 is 9.94 Å². The van der Waals surface area contributed by atoms with Crippen LogP contribution in [0.25, 0.3) is 11.1 Å². The van der Waals surface area contributed by atoms with Gasteiger partial charge in [0.05, 0.1) is 5.71 Å². The van der Waals surface area contributed by atoms with Crippen molar-refractivity contribution >= 4 is 5.71 Å². The molecule has 3 nitrogen and oxygen atoms in total. The van der Waals surface area contributed by atoms with Crippen molar-refractivity contribution in [2.75, 3.05) is 13.2 Å². The lowest BCUT2D eigenvalue weighted by Crippen LogP contribution is -2.31. The fourth-order valence-corrected chi connectivity index (χ4v) is 5.68. The van der Waals surface area contributed by atoms with Gasteiger partial charge in [0.15, 0.2) is 0 Å². The van der Waals surface area contributed by atoms with E-state index in [1.165, 1.54) is 39.9 Å². The summed E-state index contributed by atoms with van der Waals surface area (Å²) in [6.45, 7) is 7.67. The van der Waals surface area contributed by atoms with E-state index in [0.717, 1.165) is 64.4 Å². The van der Waals surface area contributed by atoms with Crippen molar-refractivity contribution < 1.29 is 9.94 Å². The van der Waals surface area contributed by atoms with Crippen LogP contribution in [-0.4, -0.2) is 24.0 Å². The molecule has 1 heterocycles. The molecule has 34 heavy (non-hydrogen) atoms. The van der Waals surface area contributed by atoms with Crippen LogP contribution in [0.15, 0.2) is 47.6 Å². The second kappa shape index (κ2) is 11.5. The van der Waals surface area contributed by atoms with Gasteiger partial charge >= 0.3 is 0 Å². The number of benzene rings is 2. The fourth-order valence-electron chi connectivity index (χ4n) is 5.68. The summed E-state index contributed by atoms with van der Waals surface area (Å²) in [7, 11) is 0. The smallest absolute Gasteiger partial charge is 0.120 e. The first-order valence-electron chi connectivity index (χ1n) is 13.5. The maximum atomic E-state index is 9.65. The second-order valence-corrected chi connectivity index (χ2v) is 11.2. The summed E-state index contributed by atoms with van der Waals surface area (Å²) in [6.07, 6.45) is 11.3. The zero-order valence-corrected chi connectivity index (χ0v) is 21.5. The topological polar surface area (TPSA) is 41.8 Å². The molecule has 0 bridgehead atoms. The third-order valence-corrected chi connectivity index (χ3v) is 8.24. The molecule has 1 aliphatic carbocycles. The van der Waals surface area contributed by atoms with Crippen LogP contribution in [0, 0.1) is 24.2 Å². The zero-order valence-electron chi connectivity index (χ0n) is 21.5. The largest absolute Gasteiger partial charge is 0.396 e. The standard InChI is InChI=1S/C31H43NO2/c1-4-5-28-20-24(10-14-29(28)26-12-6-23(2)7-13-26)8-9-25-11-15-30(32-34-21-25)27-16-18-31(3,22-33)19-17-27/h6-7,10,12-14,20,25,27,33H,4-5,8-9,11,15-19,21-22H2,1-3H3. The highest BCUT2D eigenvalue weighted by molar-refractivity contribution is 5.86. The lowest BCUT2D eigenvalue weighted by Gasteiger charge is -2.36. The molecular weight excluding hydrogens is 418 g/mol. The SMILES string of the molecule is CCCc1cc(CCC2CCC(C3CCC(C)(CO)CC3)=NOC2)ccc1-c1ccc(C)cc1. The number of oxime groups is 1. The Bertz CT molecular complexity index is 954. The van der Waals surface area contributed by atoms with Crippen molar-refractivity contribution in [2.24, 2.45) is 22.4 Å². The first kappa shape index (κ1) is 25.0. The Labute approximate surface area is 206 Å². The van der Waals surface area contributed by atoms with E-state index in [2.05, 4.69) is 68.4 Å². The molecule has 0 spiro atoms. The lowest BCUT2D eigenvalue weighted by atomic mass is 9.70. The molecule has 1 atom stereocenters. The number of aliphatic hydroxyl groups is 1.